The molecule has 1 unspecified atom stereocenters. The Labute approximate surface area is 491 Å². The molecular weight excluding hydrogens is 1040 g/mol. The van der Waals surface area contributed by atoms with E-state index in [1.807, 2.05) is 42.5 Å². The Morgan fingerprint density at radius 2 is 1.00 bits per heavy atom. The molecule has 84 heavy (non-hydrogen) atoms. The molecule has 0 bridgehead atoms. The standard InChI is InChI=1S/C77H66O7/c1-9-47-26-33-56-62(42-47)71-59(69-67(56)58-35-32-55(79-7)45-65(58)75(69,5)6)37-39-77(83-71,52-24-18-13-19-25-52)53-28-30-54(31-29-53)81-40-41-82-73(78)49-27-34-57-64(44-49)74(3,4)70-60-36-38-76(50-20-14-11-15-21-50,51-22-16-12-17-23-51)84-72(60)63-46-66(80-8)48(10-2)43-61(63)68(57)70/h11-39,42-46H,9-10,40-41H2,1-8H3. The van der Waals surface area contributed by atoms with Gasteiger partial charge in [-0.05, 0) is 146 Å². The fourth-order valence-corrected chi connectivity index (χ4v) is 14.2. The van der Waals surface area contributed by atoms with Crippen LogP contribution in [0.3, 0.4) is 0 Å². The molecule has 0 aromatic heterocycles. The number of esters is 1. The Hall–Kier alpha value is -9.33. The van der Waals surface area contributed by atoms with Gasteiger partial charge in [0.25, 0.3) is 0 Å². The number of hydrogen-bond donors (Lipinski definition) is 0. The first-order valence-electron chi connectivity index (χ1n) is 29.3. The smallest absolute Gasteiger partial charge is 0.338 e. The molecule has 7 nitrogen and oxygen atoms in total. The number of ether oxygens (including phenoxy) is 6. The van der Waals surface area contributed by atoms with E-state index in [1.165, 1.54) is 33.2 Å². The monoisotopic (exact) mass is 1100 g/mol. The zero-order valence-electron chi connectivity index (χ0n) is 48.8. The second-order valence-electron chi connectivity index (χ2n) is 23.7. The molecule has 2 heterocycles. The van der Waals surface area contributed by atoms with Gasteiger partial charge in [-0.1, -0.05) is 181 Å². The van der Waals surface area contributed by atoms with Gasteiger partial charge in [0, 0.05) is 55.0 Å². The van der Waals surface area contributed by atoms with Crippen LogP contribution in [-0.4, -0.2) is 33.4 Å². The minimum atomic E-state index is -0.949. The average Bonchev–Trinajstić information content (AvgIpc) is 1.51. The summed E-state index contributed by atoms with van der Waals surface area (Å²) in [5, 5.41) is 4.33. The summed E-state index contributed by atoms with van der Waals surface area (Å²) in [5.74, 6) is 3.59. The first-order valence-corrected chi connectivity index (χ1v) is 29.3. The van der Waals surface area contributed by atoms with Gasteiger partial charge in [0.15, 0.2) is 11.2 Å². The van der Waals surface area contributed by atoms with Crippen LogP contribution in [0.4, 0.5) is 0 Å². The Kier molecular flexibility index (Phi) is 12.5. The molecule has 0 saturated heterocycles. The summed E-state index contributed by atoms with van der Waals surface area (Å²) in [6, 6.07) is 63.2. The number of carbonyl (C=O) groups is 1. The quantitative estimate of drug-likeness (QED) is 0.0841. The Morgan fingerprint density at radius 1 is 0.476 bits per heavy atom. The normalized spacial score (nSPS) is 16.8. The van der Waals surface area contributed by atoms with Crippen molar-refractivity contribution in [2.75, 3.05) is 27.4 Å². The van der Waals surface area contributed by atoms with Crippen LogP contribution in [-0.2, 0) is 39.6 Å². The maximum atomic E-state index is 14.1. The molecule has 4 aliphatic rings. The van der Waals surface area contributed by atoms with Crippen molar-refractivity contribution in [2.45, 2.75) is 76.4 Å². The second kappa shape index (κ2) is 19.9. The predicted octanol–water partition coefficient (Wildman–Crippen LogP) is 17.7. The first kappa shape index (κ1) is 52.7. The molecule has 0 radical (unpaired) electrons. The lowest BCUT2D eigenvalue weighted by Gasteiger charge is -2.38. The molecule has 1 atom stereocenters. The van der Waals surface area contributed by atoms with Gasteiger partial charge in [0.05, 0.1) is 19.8 Å². The molecule has 10 aromatic rings. The highest BCUT2D eigenvalue weighted by molar-refractivity contribution is 6.11. The maximum Gasteiger partial charge on any atom is 0.338 e. The average molecular weight is 1100 g/mol. The largest absolute Gasteiger partial charge is 0.497 e. The highest BCUT2D eigenvalue weighted by Crippen LogP contribution is 2.61. The Bertz CT molecular complexity index is 4320. The number of carbonyl (C=O) groups excluding carboxylic acids is 1. The summed E-state index contributed by atoms with van der Waals surface area (Å²) in [4.78, 5) is 14.1. The lowest BCUT2D eigenvalue weighted by Crippen LogP contribution is -2.35. The van der Waals surface area contributed by atoms with Crippen molar-refractivity contribution in [1.82, 2.24) is 0 Å². The lowest BCUT2D eigenvalue weighted by atomic mass is 9.76. The third-order valence-electron chi connectivity index (χ3n) is 18.4. The Balaban J connectivity index is 0.739. The fourth-order valence-electron chi connectivity index (χ4n) is 14.2. The van der Waals surface area contributed by atoms with Gasteiger partial charge in [-0.2, -0.15) is 0 Å². The number of fused-ring (bicyclic) bond motifs is 16. The van der Waals surface area contributed by atoms with Gasteiger partial charge in [-0.3, -0.25) is 0 Å². The third kappa shape index (κ3) is 7.95. The lowest BCUT2D eigenvalue weighted by molar-refractivity contribution is 0.0450. The predicted molar refractivity (Wildman–Crippen MR) is 337 cm³/mol. The van der Waals surface area contributed by atoms with Gasteiger partial charge < -0.3 is 28.4 Å². The van der Waals surface area contributed by atoms with Crippen LogP contribution < -0.4 is 23.7 Å². The van der Waals surface area contributed by atoms with Gasteiger partial charge in [0.1, 0.15) is 42.0 Å². The van der Waals surface area contributed by atoms with Crippen molar-refractivity contribution >= 4 is 39.7 Å². The van der Waals surface area contributed by atoms with Crippen molar-refractivity contribution in [1.29, 1.82) is 0 Å². The van der Waals surface area contributed by atoms with E-state index >= 15 is 0 Å². The van der Waals surface area contributed by atoms with Crippen molar-refractivity contribution in [3.8, 4) is 51.0 Å². The van der Waals surface area contributed by atoms with E-state index in [4.69, 9.17) is 28.4 Å². The second-order valence-corrected chi connectivity index (χ2v) is 23.7. The van der Waals surface area contributed by atoms with Crippen LogP contribution in [0, 0.1) is 0 Å². The Morgan fingerprint density at radius 3 is 1.55 bits per heavy atom. The van der Waals surface area contributed by atoms with Crippen LogP contribution in [0.2, 0.25) is 0 Å². The highest BCUT2D eigenvalue weighted by atomic mass is 16.6. The molecular formula is C77H66O7. The van der Waals surface area contributed by atoms with Crippen LogP contribution in [0.1, 0.15) is 119 Å². The summed E-state index contributed by atoms with van der Waals surface area (Å²) < 4.78 is 39.2. The topological polar surface area (TPSA) is 72.5 Å². The van der Waals surface area contributed by atoms with Crippen LogP contribution >= 0.6 is 0 Å². The summed E-state index contributed by atoms with van der Waals surface area (Å²) in [6.45, 7) is 13.7. The van der Waals surface area contributed by atoms with Gasteiger partial charge >= 0.3 is 5.97 Å². The van der Waals surface area contributed by atoms with Crippen LogP contribution in [0.25, 0.3) is 56.0 Å². The SMILES string of the molecule is CCc1ccc2c3c(c4c(c2c1)OC(c1ccccc1)(c1ccc(OCCOC(=O)c2ccc5c(c2)C(C)(C)c2c6c(c7cc(OC)c(CC)cc7c2-5)OC(c2ccccc2)(c2ccccc2)C=C6)cc1)C=C4)C(C)(C)c1cc(OC)ccc1-3. The van der Waals surface area contributed by atoms with E-state index in [2.05, 4.69) is 205 Å². The molecule has 0 amide bonds. The minimum Gasteiger partial charge on any atom is -0.497 e. The van der Waals surface area contributed by atoms with Crippen LogP contribution in [0.15, 0.2) is 194 Å². The van der Waals surface area contributed by atoms with E-state index in [0.717, 1.165) is 113 Å². The zero-order chi connectivity index (χ0) is 57.7. The van der Waals surface area contributed by atoms with E-state index in [-0.39, 0.29) is 18.6 Å². The highest BCUT2D eigenvalue weighted by Gasteiger charge is 2.47. The van der Waals surface area contributed by atoms with Crippen molar-refractivity contribution in [2.24, 2.45) is 0 Å². The number of rotatable bonds is 13. The summed E-state index contributed by atoms with van der Waals surface area (Å²) in [6.07, 6.45) is 10.7. The zero-order valence-corrected chi connectivity index (χ0v) is 48.8. The summed E-state index contributed by atoms with van der Waals surface area (Å²) >= 11 is 0. The fraction of sp³-hybridized carbons (Fsp3) is 0.208. The van der Waals surface area contributed by atoms with Gasteiger partial charge in [-0.15, -0.1) is 0 Å². The van der Waals surface area contributed by atoms with Crippen molar-refractivity contribution in [3.63, 3.8) is 0 Å². The molecule has 0 saturated carbocycles. The third-order valence-corrected chi connectivity index (χ3v) is 18.4. The van der Waals surface area contributed by atoms with E-state index < -0.39 is 22.6 Å². The van der Waals surface area contributed by atoms with Gasteiger partial charge in [-0.25, -0.2) is 4.79 Å². The van der Waals surface area contributed by atoms with Crippen LogP contribution in [0.5, 0.6) is 28.7 Å². The first-order chi connectivity index (χ1) is 40.8. The van der Waals surface area contributed by atoms with E-state index in [9.17, 15) is 4.79 Å². The molecule has 7 heteroatoms. The number of aryl methyl sites for hydroxylation is 2. The minimum absolute atomic E-state index is 0.0640. The molecule has 0 spiro atoms. The number of methoxy groups -OCH3 is 2. The molecule has 2 aliphatic carbocycles. The summed E-state index contributed by atoms with van der Waals surface area (Å²) in [7, 11) is 3.46. The molecule has 416 valence electrons. The molecule has 2 aliphatic heterocycles. The molecule has 14 rings (SSSR count). The van der Waals surface area contributed by atoms with Gasteiger partial charge in [0.2, 0.25) is 0 Å². The molecule has 0 N–H and O–H groups in total. The maximum absolute atomic E-state index is 14.1. The van der Waals surface area contributed by atoms with Crippen molar-refractivity contribution in [3.05, 3.63) is 266 Å². The van der Waals surface area contributed by atoms with E-state index in [0.29, 0.717) is 11.3 Å². The molecule has 0 fully saturated rings. The number of hydrogen-bond acceptors (Lipinski definition) is 7. The van der Waals surface area contributed by atoms with Crippen molar-refractivity contribution < 1.29 is 33.2 Å². The summed E-state index contributed by atoms with van der Waals surface area (Å²) in [5.41, 5.74) is 15.8. The van der Waals surface area contributed by atoms with E-state index in [1.54, 1.807) is 14.2 Å². The number of benzene rings is 10. The molecule has 10 aromatic carbocycles.